The molecule has 1 aromatic carbocycles. The second-order valence-corrected chi connectivity index (χ2v) is 7.56. The first-order valence-electron chi connectivity index (χ1n) is 6.61. The zero-order valence-corrected chi connectivity index (χ0v) is 13.9. The largest absolute Gasteiger partial charge is 0.456 e. The summed E-state index contributed by atoms with van der Waals surface area (Å²) in [6, 6.07) is 7.33. The molecule has 9 heteroatoms. The molecule has 0 radical (unpaired) electrons. The second kappa shape index (κ2) is 7.61. The van der Waals surface area contributed by atoms with E-state index in [1.54, 1.807) is 12.1 Å². The number of hydrogen-bond donors (Lipinski definition) is 1. The van der Waals surface area contributed by atoms with E-state index in [4.69, 9.17) is 11.6 Å². The van der Waals surface area contributed by atoms with Gasteiger partial charge in [-0.1, -0.05) is 11.6 Å². The smallest absolute Gasteiger partial charge is 0.253 e. The third-order valence-corrected chi connectivity index (χ3v) is 5.12. The van der Waals surface area contributed by atoms with Gasteiger partial charge in [-0.2, -0.15) is 13.2 Å². The lowest BCUT2D eigenvalue weighted by atomic mass is 9.95. The predicted octanol–water partition coefficient (Wildman–Crippen LogP) is 4.91. The van der Waals surface area contributed by atoms with E-state index >= 15 is 0 Å². The van der Waals surface area contributed by atoms with Crippen LogP contribution in [-0.2, 0) is 0 Å². The molecule has 0 saturated carbocycles. The molecule has 0 atom stereocenters. The summed E-state index contributed by atoms with van der Waals surface area (Å²) in [5.74, 6) is 0. The number of rotatable bonds is 5. The molecular formula is C13H15ClF4N2S2. The lowest BCUT2D eigenvalue weighted by molar-refractivity contribution is -0.0339. The van der Waals surface area contributed by atoms with Crippen molar-refractivity contribution in [1.82, 2.24) is 9.03 Å². The Hall–Kier alpha value is -0.150. The van der Waals surface area contributed by atoms with Gasteiger partial charge in [0.1, 0.15) is 5.67 Å². The van der Waals surface area contributed by atoms with E-state index in [2.05, 4.69) is 4.72 Å². The van der Waals surface area contributed by atoms with Gasteiger partial charge < -0.3 is 0 Å². The minimum atomic E-state index is -4.39. The van der Waals surface area contributed by atoms with Crippen molar-refractivity contribution in [3.8, 4) is 0 Å². The topological polar surface area (TPSA) is 15.3 Å². The van der Waals surface area contributed by atoms with Crippen LogP contribution in [0, 0.1) is 0 Å². The van der Waals surface area contributed by atoms with Gasteiger partial charge in [-0.05, 0) is 49.1 Å². The maximum Gasteiger partial charge on any atom is 0.456 e. The molecule has 1 fully saturated rings. The van der Waals surface area contributed by atoms with Crippen molar-refractivity contribution in [3.05, 3.63) is 29.3 Å². The van der Waals surface area contributed by atoms with Gasteiger partial charge in [0.15, 0.2) is 0 Å². The van der Waals surface area contributed by atoms with Crippen molar-refractivity contribution in [2.75, 3.05) is 19.6 Å². The molecule has 1 N–H and O–H groups in total. The SMILES string of the molecule is FC1(CNSC(F)(F)F)CCN(Sc2ccc(Cl)cc2)CC1. The minimum Gasteiger partial charge on any atom is -0.253 e. The van der Waals surface area contributed by atoms with Gasteiger partial charge in [0.2, 0.25) is 0 Å². The van der Waals surface area contributed by atoms with Crippen LogP contribution in [-0.4, -0.2) is 35.1 Å². The number of nitrogens with zero attached hydrogens (tertiary/aromatic N) is 1. The van der Waals surface area contributed by atoms with Crippen LogP contribution in [0.2, 0.25) is 5.02 Å². The molecule has 124 valence electrons. The molecule has 2 rings (SSSR count). The fourth-order valence-corrected chi connectivity index (χ4v) is 3.59. The van der Waals surface area contributed by atoms with Gasteiger partial charge in [0.25, 0.3) is 0 Å². The van der Waals surface area contributed by atoms with Crippen molar-refractivity contribution in [3.63, 3.8) is 0 Å². The van der Waals surface area contributed by atoms with Crippen molar-refractivity contribution in [1.29, 1.82) is 0 Å². The van der Waals surface area contributed by atoms with Crippen LogP contribution in [0.5, 0.6) is 0 Å². The Balaban J connectivity index is 1.75. The van der Waals surface area contributed by atoms with Gasteiger partial charge in [-0.3, -0.25) is 4.72 Å². The summed E-state index contributed by atoms with van der Waals surface area (Å²) in [7, 11) is 0. The average molecular weight is 375 g/mol. The van der Waals surface area contributed by atoms with E-state index in [9.17, 15) is 17.6 Å². The number of alkyl halides is 4. The van der Waals surface area contributed by atoms with E-state index in [0.29, 0.717) is 18.1 Å². The Kier molecular flexibility index (Phi) is 6.30. The van der Waals surface area contributed by atoms with Crippen LogP contribution < -0.4 is 4.72 Å². The molecule has 0 aliphatic carbocycles. The summed E-state index contributed by atoms with van der Waals surface area (Å²) in [6.45, 7) is 0.681. The van der Waals surface area contributed by atoms with Gasteiger partial charge in [0, 0.05) is 41.5 Å². The highest BCUT2D eigenvalue weighted by Gasteiger charge is 2.36. The molecule has 1 aliphatic heterocycles. The van der Waals surface area contributed by atoms with Gasteiger partial charge >= 0.3 is 5.51 Å². The zero-order valence-electron chi connectivity index (χ0n) is 11.5. The quantitative estimate of drug-likeness (QED) is 0.581. The second-order valence-electron chi connectivity index (χ2n) is 4.99. The third kappa shape index (κ3) is 6.16. The molecular weight excluding hydrogens is 360 g/mol. The van der Waals surface area contributed by atoms with Gasteiger partial charge in [-0.15, -0.1) is 0 Å². The maximum atomic E-state index is 14.4. The van der Waals surface area contributed by atoms with Crippen molar-refractivity contribution < 1.29 is 17.6 Å². The normalized spacial score (nSPS) is 19.3. The molecule has 1 heterocycles. The Morgan fingerprint density at radius 1 is 1.18 bits per heavy atom. The maximum absolute atomic E-state index is 14.4. The molecule has 22 heavy (non-hydrogen) atoms. The Morgan fingerprint density at radius 3 is 2.32 bits per heavy atom. The van der Waals surface area contributed by atoms with Crippen LogP contribution >= 0.6 is 35.5 Å². The number of benzene rings is 1. The van der Waals surface area contributed by atoms with E-state index in [-0.39, 0.29) is 19.4 Å². The first kappa shape index (κ1) is 18.2. The van der Waals surface area contributed by atoms with Crippen molar-refractivity contribution in [2.45, 2.75) is 28.9 Å². The van der Waals surface area contributed by atoms with Crippen LogP contribution in [0.4, 0.5) is 17.6 Å². The molecule has 2 nitrogen and oxygen atoms in total. The standard InChI is InChI=1S/C13H15ClF4N2S2/c14-10-1-3-11(4-2-10)21-20-7-5-12(15,6-8-20)9-19-22-13(16,17)18/h1-4,19H,5-9H2. The van der Waals surface area contributed by atoms with E-state index in [0.717, 1.165) is 4.90 Å². The number of piperidine rings is 1. The fraction of sp³-hybridized carbons (Fsp3) is 0.538. The summed E-state index contributed by atoms with van der Waals surface area (Å²) in [4.78, 5) is 1.00. The molecule has 1 aliphatic rings. The molecule has 1 aromatic rings. The highest BCUT2D eigenvalue weighted by molar-refractivity contribution is 7.98. The molecule has 0 amide bonds. The van der Waals surface area contributed by atoms with Gasteiger partial charge in [-0.25, -0.2) is 8.70 Å². The molecule has 0 aromatic heterocycles. The molecule has 0 bridgehead atoms. The lowest BCUT2D eigenvalue weighted by Gasteiger charge is -2.35. The molecule has 0 spiro atoms. The minimum absolute atomic E-state index is 0.207. The number of nitrogens with one attached hydrogen (secondary N) is 1. The summed E-state index contributed by atoms with van der Waals surface area (Å²) >= 11 is 6.92. The predicted molar refractivity (Wildman–Crippen MR) is 83.6 cm³/mol. The lowest BCUT2D eigenvalue weighted by Crippen LogP contribution is -2.44. The monoisotopic (exact) mass is 374 g/mol. The van der Waals surface area contributed by atoms with Crippen molar-refractivity contribution >= 4 is 35.5 Å². The molecule has 0 unspecified atom stereocenters. The molecule has 1 saturated heterocycles. The summed E-state index contributed by atoms with van der Waals surface area (Å²) in [5.41, 5.74) is -5.98. The Labute approximate surface area is 140 Å². The van der Waals surface area contributed by atoms with Crippen LogP contribution in [0.15, 0.2) is 29.2 Å². The Morgan fingerprint density at radius 2 is 1.77 bits per heavy atom. The highest BCUT2D eigenvalue weighted by atomic mass is 35.5. The summed E-state index contributed by atoms with van der Waals surface area (Å²) < 4.78 is 54.6. The van der Waals surface area contributed by atoms with Crippen LogP contribution in [0.1, 0.15) is 12.8 Å². The Bertz CT molecular complexity index is 476. The number of halogens is 5. The van der Waals surface area contributed by atoms with E-state index < -0.39 is 23.1 Å². The van der Waals surface area contributed by atoms with Gasteiger partial charge in [0.05, 0.1) is 0 Å². The van der Waals surface area contributed by atoms with Crippen LogP contribution in [0.25, 0.3) is 0 Å². The third-order valence-electron chi connectivity index (χ3n) is 3.24. The van der Waals surface area contributed by atoms with Crippen LogP contribution in [0.3, 0.4) is 0 Å². The fourth-order valence-electron chi connectivity index (χ4n) is 2.05. The first-order chi connectivity index (χ1) is 10.3. The average Bonchev–Trinajstić information content (AvgIpc) is 2.43. The first-order valence-corrected chi connectivity index (χ1v) is 8.58. The van der Waals surface area contributed by atoms with E-state index in [1.165, 1.54) is 11.9 Å². The number of hydrogen-bond acceptors (Lipinski definition) is 4. The summed E-state index contributed by atoms with van der Waals surface area (Å²) in [6.07, 6.45) is 0.415. The summed E-state index contributed by atoms with van der Waals surface area (Å²) in [5, 5.41) is 0.652. The zero-order chi connectivity index (χ0) is 16.2. The van der Waals surface area contributed by atoms with E-state index in [1.807, 2.05) is 16.4 Å². The van der Waals surface area contributed by atoms with Crippen molar-refractivity contribution in [2.24, 2.45) is 0 Å². The highest BCUT2D eigenvalue weighted by Crippen LogP contribution is 2.34.